The number of nitrogens with one attached hydrogen (secondary N) is 2. The molecule has 2 amide bonds. The maximum absolute atomic E-state index is 12.1. The van der Waals surface area contributed by atoms with Gasteiger partial charge in [-0.25, -0.2) is 9.59 Å². The summed E-state index contributed by atoms with van der Waals surface area (Å²) in [5.74, 6) is -0.417. The van der Waals surface area contributed by atoms with Crippen LogP contribution >= 0.6 is 11.3 Å². The number of carboxylic acids is 1. The van der Waals surface area contributed by atoms with E-state index in [1.165, 1.54) is 0 Å². The SMILES string of the molecule is CC1CCC(NC(=O)NC(C)c2ccsc2)(C(=O)O)CC1. The van der Waals surface area contributed by atoms with Gasteiger partial charge in [0.25, 0.3) is 0 Å². The van der Waals surface area contributed by atoms with Crippen LogP contribution in [-0.2, 0) is 4.79 Å². The van der Waals surface area contributed by atoms with E-state index in [9.17, 15) is 14.7 Å². The Morgan fingerprint density at radius 3 is 2.62 bits per heavy atom. The van der Waals surface area contributed by atoms with Crippen molar-refractivity contribution in [2.45, 2.75) is 51.1 Å². The summed E-state index contributed by atoms with van der Waals surface area (Å²) >= 11 is 1.57. The zero-order chi connectivity index (χ0) is 15.5. The fourth-order valence-electron chi connectivity index (χ4n) is 2.70. The van der Waals surface area contributed by atoms with Crippen molar-refractivity contribution in [1.29, 1.82) is 0 Å². The lowest BCUT2D eigenvalue weighted by atomic mass is 9.77. The second kappa shape index (κ2) is 6.47. The lowest BCUT2D eigenvalue weighted by Crippen LogP contribution is -2.58. The number of hydrogen-bond acceptors (Lipinski definition) is 3. The molecule has 1 atom stereocenters. The van der Waals surface area contributed by atoms with Gasteiger partial charge in [-0.3, -0.25) is 0 Å². The molecule has 1 saturated carbocycles. The van der Waals surface area contributed by atoms with E-state index in [1.54, 1.807) is 11.3 Å². The minimum Gasteiger partial charge on any atom is -0.480 e. The predicted molar refractivity (Wildman–Crippen MR) is 82.4 cm³/mol. The summed E-state index contributed by atoms with van der Waals surface area (Å²) in [5.41, 5.74) is -0.0953. The van der Waals surface area contributed by atoms with Gasteiger partial charge in [0.15, 0.2) is 0 Å². The summed E-state index contributed by atoms with van der Waals surface area (Å²) in [4.78, 5) is 23.7. The third-order valence-corrected chi connectivity index (χ3v) is 4.98. The van der Waals surface area contributed by atoms with Gasteiger partial charge in [-0.05, 0) is 60.9 Å². The van der Waals surface area contributed by atoms with E-state index in [1.807, 2.05) is 23.8 Å². The quantitative estimate of drug-likeness (QED) is 0.799. The topological polar surface area (TPSA) is 78.4 Å². The van der Waals surface area contributed by atoms with Gasteiger partial charge in [0.05, 0.1) is 6.04 Å². The van der Waals surface area contributed by atoms with E-state index in [4.69, 9.17) is 0 Å². The molecule has 2 rings (SSSR count). The average molecular weight is 310 g/mol. The Morgan fingerprint density at radius 2 is 2.10 bits per heavy atom. The summed E-state index contributed by atoms with van der Waals surface area (Å²) in [6, 6.07) is 1.40. The van der Waals surface area contributed by atoms with Gasteiger partial charge in [-0.15, -0.1) is 0 Å². The molecule has 1 aliphatic rings. The molecule has 1 heterocycles. The molecule has 0 saturated heterocycles. The first kappa shape index (κ1) is 15.8. The third kappa shape index (κ3) is 3.75. The van der Waals surface area contributed by atoms with Gasteiger partial charge >= 0.3 is 12.0 Å². The Morgan fingerprint density at radius 1 is 1.43 bits per heavy atom. The highest BCUT2D eigenvalue weighted by Gasteiger charge is 2.42. The van der Waals surface area contributed by atoms with Crippen LogP contribution < -0.4 is 10.6 Å². The van der Waals surface area contributed by atoms with E-state index in [-0.39, 0.29) is 6.04 Å². The second-order valence-corrected chi connectivity index (χ2v) is 6.73. The Labute approximate surface area is 128 Å². The molecule has 1 fully saturated rings. The van der Waals surface area contributed by atoms with Crippen LogP contribution in [0.5, 0.6) is 0 Å². The van der Waals surface area contributed by atoms with Gasteiger partial charge in [0, 0.05) is 0 Å². The van der Waals surface area contributed by atoms with E-state index in [2.05, 4.69) is 17.6 Å². The van der Waals surface area contributed by atoms with Crippen molar-refractivity contribution in [3.05, 3.63) is 22.4 Å². The van der Waals surface area contributed by atoms with Gasteiger partial charge < -0.3 is 15.7 Å². The van der Waals surface area contributed by atoms with E-state index in [0.29, 0.717) is 18.8 Å². The fourth-order valence-corrected chi connectivity index (χ4v) is 3.46. The lowest BCUT2D eigenvalue weighted by Gasteiger charge is -2.36. The minimum atomic E-state index is -1.12. The van der Waals surface area contributed by atoms with Crippen LogP contribution in [0.1, 0.15) is 51.1 Å². The van der Waals surface area contributed by atoms with Crippen LogP contribution in [0.25, 0.3) is 0 Å². The fraction of sp³-hybridized carbons (Fsp3) is 0.600. The molecule has 5 nitrogen and oxygen atoms in total. The highest BCUT2D eigenvalue weighted by molar-refractivity contribution is 7.07. The van der Waals surface area contributed by atoms with Crippen molar-refractivity contribution in [2.24, 2.45) is 5.92 Å². The number of carbonyl (C=O) groups is 2. The van der Waals surface area contributed by atoms with Crippen molar-refractivity contribution in [1.82, 2.24) is 10.6 Å². The molecular weight excluding hydrogens is 288 g/mol. The molecule has 3 N–H and O–H groups in total. The number of carboxylic acid groups (broad SMARTS) is 1. The highest BCUT2D eigenvalue weighted by Crippen LogP contribution is 2.32. The number of rotatable bonds is 4. The van der Waals surface area contributed by atoms with E-state index >= 15 is 0 Å². The number of amides is 2. The molecule has 0 aliphatic heterocycles. The summed E-state index contributed by atoms with van der Waals surface area (Å²) in [6.45, 7) is 4.00. The first-order valence-electron chi connectivity index (χ1n) is 7.27. The number of urea groups is 1. The molecule has 0 radical (unpaired) electrons. The van der Waals surface area contributed by atoms with Gasteiger partial charge in [0.1, 0.15) is 5.54 Å². The molecule has 21 heavy (non-hydrogen) atoms. The summed E-state index contributed by atoms with van der Waals surface area (Å²) in [7, 11) is 0. The van der Waals surface area contributed by atoms with Crippen molar-refractivity contribution in [2.75, 3.05) is 0 Å². The first-order chi connectivity index (χ1) is 9.93. The van der Waals surface area contributed by atoms with Gasteiger partial charge in [0.2, 0.25) is 0 Å². The number of aliphatic carboxylic acids is 1. The molecule has 1 aromatic rings. The maximum atomic E-state index is 12.1. The summed E-state index contributed by atoms with van der Waals surface area (Å²) in [5, 5.41) is 18.9. The molecule has 116 valence electrons. The lowest BCUT2D eigenvalue weighted by molar-refractivity contribution is -0.146. The molecular formula is C15H22N2O3S. The van der Waals surface area contributed by atoms with Crippen molar-refractivity contribution >= 4 is 23.3 Å². The van der Waals surface area contributed by atoms with Crippen LogP contribution in [0.3, 0.4) is 0 Å². The molecule has 1 aromatic heterocycles. The minimum absolute atomic E-state index is 0.135. The Balaban J connectivity index is 1.97. The maximum Gasteiger partial charge on any atom is 0.329 e. The number of thiophene rings is 1. The number of carbonyl (C=O) groups excluding carboxylic acids is 1. The van der Waals surface area contributed by atoms with Crippen LogP contribution in [-0.4, -0.2) is 22.6 Å². The van der Waals surface area contributed by atoms with Gasteiger partial charge in [-0.2, -0.15) is 11.3 Å². The van der Waals surface area contributed by atoms with Crippen molar-refractivity contribution in [3.63, 3.8) is 0 Å². The first-order valence-corrected chi connectivity index (χ1v) is 8.21. The standard InChI is InChI=1S/C15H22N2O3S/c1-10-3-6-15(7-4-10,13(18)19)17-14(20)16-11(2)12-5-8-21-9-12/h5,8-11H,3-4,6-7H2,1-2H3,(H,18,19)(H2,16,17,20). The van der Waals surface area contributed by atoms with E-state index < -0.39 is 17.5 Å². The normalized spacial score (nSPS) is 26.9. The molecule has 6 heteroatoms. The summed E-state index contributed by atoms with van der Waals surface area (Å²) < 4.78 is 0. The molecule has 1 unspecified atom stereocenters. The Hall–Kier alpha value is -1.56. The molecule has 0 bridgehead atoms. The Bertz CT molecular complexity index is 493. The zero-order valence-corrected chi connectivity index (χ0v) is 13.2. The third-order valence-electron chi connectivity index (χ3n) is 4.28. The van der Waals surface area contributed by atoms with Crippen molar-refractivity contribution in [3.8, 4) is 0 Å². The number of hydrogen-bond donors (Lipinski definition) is 3. The molecule has 0 spiro atoms. The van der Waals surface area contributed by atoms with E-state index in [0.717, 1.165) is 18.4 Å². The van der Waals surface area contributed by atoms with Crippen LogP contribution in [0.4, 0.5) is 4.79 Å². The Kier molecular flexibility index (Phi) is 4.88. The summed E-state index contributed by atoms with van der Waals surface area (Å²) in [6.07, 6.45) is 2.63. The average Bonchev–Trinajstić information content (AvgIpc) is 2.95. The van der Waals surface area contributed by atoms with Crippen LogP contribution in [0, 0.1) is 5.92 Å². The molecule has 0 aromatic carbocycles. The largest absolute Gasteiger partial charge is 0.480 e. The van der Waals surface area contributed by atoms with Crippen molar-refractivity contribution < 1.29 is 14.7 Å². The van der Waals surface area contributed by atoms with Crippen LogP contribution in [0.2, 0.25) is 0 Å². The predicted octanol–water partition coefficient (Wildman–Crippen LogP) is 3.14. The smallest absolute Gasteiger partial charge is 0.329 e. The second-order valence-electron chi connectivity index (χ2n) is 5.95. The van der Waals surface area contributed by atoms with Crippen LogP contribution in [0.15, 0.2) is 16.8 Å². The van der Waals surface area contributed by atoms with Gasteiger partial charge in [-0.1, -0.05) is 6.92 Å². The zero-order valence-electron chi connectivity index (χ0n) is 12.4. The monoisotopic (exact) mass is 310 g/mol. The molecule has 1 aliphatic carbocycles. The highest BCUT2D eigenvalue weighted by atomic mass is 32.1.